The summed E-state index contributed by atoms with van der Waals surface area (Å²) in [6, 6.07) is 11.5. The number of ether oxygens (including phenoxy) is 1. The molecule has 0 saturated carbocycles. The number of phenolic OH excluding ortho intramolecular Hbond substituents is 1. The van der Waals surface area contributed by atoms with Crippen LogP contribution in [-0.4, -0.2) is 76.6 Å². The van der Waals surface area contributed by atoms with Gasteiger partial charge in [0.2, 0.25) is 0 Å². The number of unbranched alkanes of at least 4 members (excludes halogenated alkanes) is 2. The summed E-state index contributed by atoms with van der Waals surface area (Å²) in [6.45, 7) is 4.73. The van der Waals surface area contributed by atoms with Gasteiger partial charge in [-0.05, 0) is 111 Å². The first-order valence-corrected chi connectivity index (χ1v) is 17.8. The zero-order chi connectivity index (χ0) is 32.9. The van der Waals surface area contributed by atoms with Gasteiger partial charge in [-0.15, -0.1) is 0 Å². The number of phenols is 1. The van der Waals surface area contributed by atoms with Crippen LogP contribution in [-0.2, 0) is 6.42 Å². The molecule has 0 aliphatic carbocycles. The van der Waals surface area contributed by atoms with Crippen LogP contribution in [0.5, 0.6) is 11.8 Å². The van der Waals surface area contributed by atoms with E-state index in [-0.39, 0.29) is 22.8 Å². The van der Waals surface area contributed by atoms with E-state index in [9.17, 15) is 9.50 Å². The zero-order valence-corrected chi connectivity index (χ0v) is 27.5. The Hall–Kier alpha value is -3.63. The van der Waals surface area contributed by atoms with Gasteiger partial charge in [0.05, 0.1) is 12.2 Å². The highest BCUT2D eigenvalue weighted by Gasteiger charge is 2.40. The van der Waals surface area contributed by atoms with E-state index in [1.165, 1.54) is 12.1 Å². The number of hydrogen-bond donors (Lipinski definition) is 2. The summed E-state index contributed by atoms with van der Waals surface area (Å²) < 4.78 is 53.2. The van der Waals surface area contributed by atoms with Crippen molar-refractivity contribution in [1.82, 2.24) is 20.2 Å². The zero-order valence-electron chi connectivity index (χ0n) is 27.5. The van der Waals surface area contributed by atoms with E-state index in [4.69, 9.17) is 9.72 Å². The third kappa shape index (κ3) is 5.85. The lowest BCUT2D eigenvalue weighted by atomic mass is 9.92. The molecule has 4 bridgehead atoms. The minimum Gasteiger partial charge on any atom is -0.508 e. The summed E-state index contributed by atoms with van der Waals surface area (Å²) in [7, 11) is 0. The van der Waals surface area contributed by atoms with Crippen LogP contribution in [0.1, 0.15) is 70.3 Å². The molecule has 4 aromatic rings. The van der Waals surface area contributed by atoms with Crippen LogP contribution in [0.4, 0.5) is 19.0 Å². The van der Waals surface area contributed by atoms with Crippen molar-refractivity contribution in [1.29, 1.82) is 0 Å². The van der Waals surface area contributed by atoms with Crippen LogP contribution >= 0.6 is 0 Å². The van der Waals surface area contributed by atoms with E-state index < -0.39 is 17.8 Å². The number of halogens is 3. The van der Waals surface area contributed by atoms with Gasteiger partial charge in [-0.25, -0.2) is 13.2 Å². The maximum atomic E-state index is 16.8. The van der Waals surface area contributed by atoms with E-state index in [1.807, 2.05) is 25.1 Å². The Labute approximate surface area is 279 Å². The number of piperazine rings is 1. The van der Waals surface area contributed by atoms with Gasteiger partial charge in [0.25, 0.3) is 0 Å². The van der Waals surface area contributed by atoms with Crippen LogP contribution in [0.15, 0.2) is 36.4 Å². The van der Waals surface area contributed by atoms with Gasteiger partial charge < -0.3 is 20.1 Å². The molecule has 4 aliphatic heterocycles. The number of alkyl halides is 1. The number of aryl methyl sites for hydroxylation is 1. The quantitative estimate of drug-likeness (QED) is 0.171. The van der Waals surface area contributed by atoms with Crippen molar-refractivity contribution < 1.29 is 23.0 Å². The van der Waals surface area contributed by atoms with Crippen molar-refractivity contribution in [3.05, 3.63) is 53.6 Å². The molecule has 4 atom stereocenters. The third-order valence-electron chi connectivity index (χ3n) is 11.2. The molecule has 4 unspecified atom stereocenters. The molecule has 8 rings (SSSR count). The van der Waals surface area contributed by atoms with E-state index in [2.05, 4.69) is 20.1 Å². The largest absolute Gasteiger partial charge is 0.508 e. The molecule has 4 aliphatic rings. The molecule has 0 radical (unpaired) electrons. The molecular weight excluding hydrogens is 615 g/mol. The standard InChI is InChI=1S/C38H44F3N5O2/c1-2-22-7-6-8-23-15-29(47)18-30(33(22)23)34-32(40)19-31-36(35(34)41)43-38(44-37(31)45-20-25-9-10-26(21-45)42-25)48-14-5-3-4-13-46-27-11-12-28(46)17-24(39)16-27/h6-8,15,18-19,24-28,42,47H,2-5,9-14,16-17,20-21H2,1H3. The Morgan fingerprint density at radius 2 is 1.73 bits per heavy atom. The Balaban J connectivity index is 1.09. The lowest BCUT2D eigenvalue weighted by Crippen LogP contribution is -2.51. The molecule has 254 valence electrons. The van der Waals surface area contributed by atoms with Crippen LogP contribution < -0.4 is 15.0 Å². The number of nitrogens with zero attached hydrogens (tertiary/aromatic N) is 4. The van der Waals surface area contributed by atoms with Gasteiger partial charge in [0, 0.05) is 42.6 Å². The second-order valence-electron chi connectivity index (χ2n) is 14.3. The SMILES string of the molecule is CCc1cccc2cc(O)cc(-c3c(F)cc4c(N5CC6CCC(C5)N6)nc(OCCCCCN5C6CCC5CC(F)C6)nc4c3F)c12. The normalized spacial score (nSPS) is 25.4. The van der Waals surface area contributed by atoms with Crippen molar-refractivity contribution in [2.45, 2.75) is 101 Å². The first-order chi connectivity index (χ1) is 23.4. The Bertz CT molecular complexity index is 1810. The molecule has 10 heteroatoms. The Morgan fingerprint density at radius 1 is 0.958 bits per heavy atom. The van der Waals surface area contributed by atoms with Gasteiger partial charge in [-0.2, -0.15) is 9.97 Å². The van der Waals surface area contributed by atoms with Gasteiger partial charge >= 0.3 is 6.01 Å². The minimum atomic E-state index is -0.791. The van der Waals surface area contributed by atoms with E-state index in [0.717, 1.165) is 57.1 Å². The summed E-state index contributed by atoms with van der Waals surface area (Å²) in [4.78, 5) is 14.0. The number of piperidine rings is 1. The molecule has 4 saturated heterocycles. The molecular formula is C38H44F3N5O2. The van der Waals surface area contributed by atoms with Crippen LogP contribution in [0, 0.1) is 11.6 Å². The predicted molar refractivity (Wildman–Crippen MR) is 183 cm³/mol. The summed E-state index contributed by atoms with van der Waals surface area (Å²) in [5, 5.41) is 16.0. The highest BCUT2D eigenvalue weighted by molar-refractivity contribution is 6.03. The number of hydrogen-bond acceptors (Lipinski definition) is 7. The maximum Gasteiger partial charge on any atom is 0.319 e. The molecule has 7 nitrogen and oxygen atoms in total. The van der Waals surface area contributed by atoms with Crippen molar-refractivity contribution in [2.24, 2.45) is 0 Å². The fourth-order valence-corrected chi connectivity index (χ4v) is 8.97. The molecule has 0 amide bonds. The van der Waals surface area contributed by atoms with Crippen LogP contribution in [0.2, 0.25) is 0 Å². The lowest BCUT2D eigenvalue weighted by Gasteiger charge is -2.36. The Kier molecular flexibility index (Phi) is 8.57. The summed E-state index contributed by atoms with van der Waals surface area (Å²) in [5.74, 6) is -1.09. The number of nitrogens with one attached hydrogen (secondary N) is 1. The molecule has 2 N–H and O–H groups in total. The van der Waals surface area contributed by atoms with Gasteiger partial charge in [-0.3, -0.25) is 4.90 Å². The number of rotatable bonds is 10. The first kappa shape index (κ1) is 31.6. The average molecular weight is 660 g/mol. The number of aromatic nitrogens is 2. The van der Waals surface area contributed by atoms with Gasteiger partial charge in [0.1, 0.15) is 29.1 Å². The van der Waals surface area contributed by atoms with Gasteiger partial charge in [-0.1, -0.05) is 25.1 Å². The Morgan fingerprint density at radius 3 is 2.48 bits per heavy atom. The average Bonchev–Trinajstić information content (AvgIpc) is 3.54. The monoisotopic (exact) mass is 659 g/mol. The maximum absolute atomic E-state index is 16.8. The smallest absolute Gasteiger partial charge is 0.319 e. The van der Waals surface area contributed by atoms with Crippen LogP contribution in [0.25, 0.3) is 32.8 Å². The highest BCUT2D eigenvalue weighted by Crippen LogP contribution is 2.42. The van der Waals surface area contributed by atoms with Crippen LogP contribution in [0.3, 0.4) is 0 Å². The number of anilines is 1. The fourth-order valence-electron chi connectivity index (χ4n) is 8.97. The van der Waals surface area contributed by atoms with E-state index in [1.54, 1.807) is 6.07 Å². The third-order valence-corrected chi connectivity index (χ3v) is 11.2. The van der Waals surface area contributed by atoms with Gasteiger partial charge in [0.15, 0.2) is 5.82 Å². The second kappa shape index (κ2) is 13.0. The fraction of sp³-hybridized carbons (Fsp3) is 0.526. The minimum absolute atomic E-state index is 0.00879. The highest BCUT2D eigenvalue weighted by atomic mass is 19.1. The van der Waals surface area contributed by atoms with E-state index >= 15 is 8.78 Å². The van der Waals surface area contributed by atoms with Crippen molar-refractivity contribution >= 4 is 27.5 Å². The topological polar surface area (TPSA) is 73.8 Å². The van der Waals surface area contributed by atoms with Crippen molar-refractivity contribution in [3.8, 4) is 22.9 Å². The number of aromatic hydroxyl groups is 1. The van der Waals surface area contributed by atoms with Crippen molar-refractivity contribution in [2.75, 3.05) is 31.1 Å². The molecule has 3 aromatic carbocycles. The molecule has 4 fully saturated rings. The molecule has 0 spiro atoms. The molecule has 5 heterocycles. The van der Waals surface area contributed by atoms with Crippen molar-refractivity contribution in [3.63, 3.8) is 0 Å². The van der Waals surface area contributed by atoms with E-state index in [0.29, 0.717) is 90.7 Å². The lowest BCUT2D eigenvalue weighted by molar-refractivity contribution is 0.0810. The summed E-state index contributed by atoms with van der Waals surface area (Å²) >= 11 is 0. The second-order valence-corrected chi connectivity index (χ2v) is 14.3. The summed E-state index contributed by atoms with van der Waals surface area (Å²) in [6.07, 6.45) is 8.41. The summed E-state index contributed by atoms with van der Waals surface area (Å²) in [5.41, 5.74) is 1.02. The first-order valence-electron chi connectivity index (χ1n) is 17.8. The molecule has 1 aromatic heterocycles. The molecule has 48 heavy (non-hydrogen) atoms. The number of fused-ring (bicyclic) bond motifs is 6. The predicted octanol–water partition coefficient (Wildman–Crippen LogP) is 7.45. The number of benzene rings is 3.